The standard InChI is InChI=1S/C14H16N2O2/c1-9(2)10-4-5-13(18-3)12(6-10)11-7-15-14(17)16-8-11/h4-9H,1-3H3,(H,15,16,17). The molecule has 0 aliphatic rings. The van der Waals surface area contributed by atoms with Gasteiger partial charge in [-0.15, -0.1) is 0 Å². The van der Waals surface area contributed by atoms with Crippen LogP contribution in [0.5, 0.6) is 5.75 Å². The van der Waals surface area contributed by atoms with Gasteiger partial charge in [-0.1, -0.05) is 19.9 Å². The van der Waals surface area contributed by atoms with E-state index < -0.39 is 0 Å². The molecule has 0 radical (unpaired) electrons. The highest BCUT2D eigenvalue weighted by Crippen LogP contribution is 2.31. The highest BCUT2D eigenvalue weighted by Gasteiger charge is 2.09. The zero-order chi connectivity index (χ0) is 13.1. The van der Waals surface area contributed by atoms with E-state index in [1.807, 2.05) is 12.1 Å². The summed E-state index contributed by atoms with van der Waals surface area (Å²) in [5.74, 6) is 1.21. The van der Waals surface area contributed by atoms with Crippen LogP contribution in [0.4, 0.5) is 0 Å². The summed E-state index contributed by atoms with van der Waals surface area (Å²) in [6.45, 7) is 4.27. The molecule has 1 N–H and O–H groups in total. The van der Waals surface area contributed by atoms with Gasteiger partial charge in [-0.05, 0) is 23.6 Å². The van der Waals surface area contributed by atoms with Gasteiger partial charge in [-0.25, -0.2) is 9.78 Å². The molecule has 0 atom stereocenters. The molecule has 1 heterocycles. The Morgan fingerprint density at radius 3 is 2.67 bits per heavy atom. The molecule has 0 bridgehead atoms. The quantitative estimate of drug-likeness (QED) is 0.902. The van der Waals surface area contributed by atoms with Gasteiger partial charge >= 0.3 is 5.69 Å². The lowest BCUT2D eigenvalue weighted by atomic mass is 9.98. The molecule has 0 aliphatic heterocycles. The summed E-state index contributed by atoms with van der Waals surface area (Å²) in [6, 6.07) is 6.06. The van der Waals surface area contributed by atoms with E-state index in [0.717, 1.165) is 16.9 Å². The van der Waals surface area contributed by atoms with Crippen LogP contribution < -0.4 is 10.4 Å². The van der Waals surface area contributed by atoms with Crippen molar-refractivity contribution >= 4 is 0 Å². The number of benzene rings is 1. The number of rotatable bonds is 3. The number of aromatic nitrogens is 2. The number of aromatic amines is 1. The minimum Gasteiger partial charge on any atom is -0.496 e. The van der Waals surface area contributed by atoms with E-state index in [2.05, 4.69) is 29.9 Å². The molecule has 0 amide bonds. The van der Waals surface area contributed by atoms with Crippen molar-refractivity contribution in [3.63, 3.8) is 0 Å². The van der Waals surface area contributed by atoms with E-state index >= 15 is 0 Å². The van der Waals surface area contributed by atoms with Gasteiger partial charge in [-0.2, -0.15) is 0 Å². The first-order valence-electron chi connectivity index (χ1n) is 5.85. The molecule has 1 aromatic carbocycles. The van der Waals surface area contributed by atoms with Crippen LogP contribution in [0.25, 0.3) is 11.1 Å². The largest absolute Gasteiger partial charge is 0.496 e. The number of hydrogen-bond acceptors (Lipinski definition) is 3. The number of nitrogens with zero attached hydrogens (tertiary/aromatic N) is 1. The summed E-state index contributed by atoms with van der Waals surface area (Å²) in [5.41, 5.74) is 2.65. The van der Waals surface area contributed by atoms with Crippen LogP contribution in [0.2, 0.25) is 0 Å². The van der Waals surface area contributed by atoms with Crippen LogP contribution in [0.15, 0.2) is 35.4 Å². The zero-order valence-electron chi connectivity index (χ0n) is 10.7. The average Bonchev–Trinajstić information content (AvgIpc) is 2.39. The third-order valence-corrected chi connectivity index (χ3v) is 2.87. The fraction of sp³-hybridized carbons (Fsp3) is 0.286. The van der Waals surface area contributed by atoms with Crippen molar-refractivity contribution in [2.75, 3.05) is 7.11 Å². The van der Waals surface area contributed by atoms with Gasteiger partial charge in [0.15, 0.2) is 0 Å². The predicted molar refractivity (Wildman–Crippen MR) is 70.9 cm³/mol. The Labute approximate surface area is 106 Å². The van der Waals surface area contributed by atoms with Gasteiger partial charge in [0.2, 0.25) is 0 Å². The minimum absolute atomic E-state index is 0.349. The summed E-state index contributed by atoms with van der Waals surface area (Å²) < 4.78 is 5.34. The maximum atomic E-state index is 11.0. The van der Waals surface area contributed by atoms with E-state index in [9.17, 15) is 4.79 Å². The lowest BCUT2D eigenvalue weighted by Crippen LogP contribution is -2.08. The highest BCUT2D eigenvalue weighted by molar-refractivity contribution is 5.70. The molecule has 4 heteroatoms. The van der Waals surface area contributed by atoms with Crippen molar-refractivity contribution < 1.29 is 4.74 Å². The molecule has 0 saturated heterocycles. The number of ether oxygens (including phenoxy) is 1. The molecule has 0 fully saturated rings. The molecule has 0 spiro atoms. The van der Waals surface area contributed by atoms with E-state index in [0.29, 0.717) is 5.92 Å². The first-order valence-corrected chi connectivity index (χ1v) is 5.85. The average molecular weight is 244 g/mol. The molecule has 4 nitrogen and oxygen atoms in total. The van der Waals surface area contributed by atoms with Crippen LogP contribution in [0.3, 0.4) is 0 Å². The molecule has 0 aliphatic carbocycles. The normalized spacial score (nSPS) is 10.7. The van der Waals surface area contributed by atoms with Crippen LogP contribution in [-0.2, 0) is 0 Å². The molecule has 94 valence electrons. The van der Waals surface area contributed by atoms with Gasteiger partial charge in [0, 0.05) is 23.5 Å². The molecule has 1 aromatic heterocycles. The summed E-state index contributed by atoms with van der Waals surface area (Å²) in [6.07, 6.45) is 3.21. The third kappa shape index (κ3) is 2.42. The van der Waals surface area contributed by atoms with Gasteiger partial charge in [0.25, 0.3) is 0 Å². The van der Waals surface area contributed by atoms with Gasteiger partial charge < -0.3 is 9.72 Å². The SMILES string of the molecule is COc1ccc(C(C)C)cc1-c1cnc(=O)[nH]c1. The van der Waals surface area contributed by atoms with Gasteiger partial charge in [0.05, 0.1) is 7.11 Å². The Hall–Kier alpha value is -2.10. The highest BCUT2D eigenvalue weighted by atomic mass is 16.5. The van der Waals surface area contributed by atoms with Crippen molar-refractivity contribution in [2.24, 2.45) is 0 Å². The van der Waals surface area contributed by atoms with Crippen LogP contribution in [0, 0.1) is 0 Å². The topological polar surface area (TPSA) is 55.0 Å². The number of H-pyrrole nitrogens is 1. The van der Waals surface area contributed by atoms with Crippen LogP contribution in [-0.4, -0.2) is 17.1 Å². The van der Waals surface area contributed by atoms with Gasteiger partial charge in [-0.3, -0.25) is 0 Å². The number of hydrogen-bond donors (Lipinski definition) is 1. The molecule has 2 aromatic rings. The Balaban J connectivity index is 2.56. The molecular formula is C14H16N2O2. The van der Waals surface area contributed by atoms with Crippen molar-refractivity contribution in [2.45, 2.75) is 19.8 Å². The third-order valence-electron chi connectivity index (χ3n) is 2.87. The summed E-state index contributed by atoms with van der Waals surface area (Å²) >= 11 is 0. The number of methoxy groups -OCH3 is 1. The van der Waals surface area contributed by atoms with E-state index in [1.54, 1.807) is 19.5 Å². The predicted octanol–water partition coefficient (Wildman–Crippen LogP) is 2.57. The number of nitrogens with one attached hydrogen (secondary N) is 1. The Morgan fingerprint density at radius 2 is 2.11 bits per heavy atom. The van der Waals surface area contributed by atoms with E-state index in [-0.39, 0.29) is 5.69 Å². The Morgan fingerprint density at radius 1 is 1.33 bits per heavy atom. The molecule has 0 unspecified atom stereocenters. The molecule has 2 rings (SSSR count). The maximum Gasteiger partial charge on any atom is 0.344 e. The summed E-state index contributed by atoms with van der Waals surface area (Å²) in [4.78, 5) is 17.3. The molecule has 0 saturated carbocycles. The zero-order valence-corrected chi connectivity index (χ0v) is 10.7. The van der Waals surface area contributed by atoms with Gasteiger partial charge in [0.1, 0.15) is 5.75 Å². The fourth-order valence-corrected chi connectivity index (χ4v) is 1.80. The lowest BCUT2D eigenvalue weighted by molar-refractivity contribution is 0.416. The second-order valence-electron chi connectivity index (χ2n) is 4.42. The molecular weight excluding hydrogens is 228 g/mol. The smallest absolute Gasteiger partial charge is 0.344 e. The minimum atomic E-state index is -0.349. The maximum absolute atomic E-state index is 11.0. The first-order chi connectivity index (χ1) is 8.61. The Bertz CT molecular complexity index is 582. The van der Waals surface area contributed by atoms with E-state index in [4.69, 9.17) is 4.74 Å². The lowest BCUT2D eigenvalue weighted by Gasteiger charge is -2.12. The monoisotopic (exact) mass is 244 g/mol. The fourth-order valence-electron chi connectivity index (χ4n) is 1.80. The van der Waals surface area contributed by atoms with Crippen molar-refractivity contribution in [3.05, 3.63) is 46.6 Å². The van der Waals surface area contributed by atoms with E-state index in [1.165, 1.54) is 5.56 Å². The second kappa shape index (κ2) is 5.04. The van der Waals surface area contributed by atoms with Crippen LogP contribution >= 0.6 is 0 Å². The van der Waals surface area contributed by atoms with Crippen molar-refractivity contribution in [1.82, 2.24) is 9.97 Å². The summed E-state index contributed by atoms with van der Waals surface area (Å²) in [5, 5.41) is 0. The first kappa shape index (κ1) is 12.4. The van der Waals surface area contributed by atoms with Crippen molar-refractivity contribution in [3.8, 4) is 16.9 Å². The Kier molecular flexibility index (Phi) is 3.46. The van der Waals surface area contributed by atoms with Crippen molar-refractivity contribution in [1.29, 1.82) is 0 Å². The second-order valence-corrected chi connectivity index (χ2v) is 4.42. The van der Waals surface area contributed by atoms with Crippen LogP contribution in [0.1, 0.15) is 25.3 Å². The summed E-state index contributed by atoms with van der Waals surface area (Å²) in [7, 11) is 1.63. The molecule has 18 heavy (non-hydrogen) atoms.